The van der Waals surface area contributed by atoms with Crippen molar-refractivity contribution in [3.63, 3.8) is 0 Å². The summed E-state index contributed by atoms with van der Waals surface area (Å²) in [4.78, 5) is 7.62. The molecule has 0 amide bonds. The average Bonchev–Trinajstić information content (AvgIpc) is 3.08. The lowest BCUT2D eigenvalue weighted by molar-refractivity contribution is 1.21. The molecule has 0 saturated heterocycles. The van der Waals surface area contributed by atoms with E-state index in [0.717, 1.165) is 26.8 Å². The Hall–Kier alpha value is -2.53. The quantitative estimate of drug-likeness (QED) is 0.504. The Kier molecular flexibility index (Phi) is 2.57. The standard InChI is InChI=1S/C15H10N4S/c1-2-6-11-10(5-1)13(9-16-11)18-19-15-17-12-7-3-4-8-14(12)20-15/h1-9,16H. The molecule has 96 valence electrons. The number of H-pyrrole nitrogens is 1. The van der Waals surface area contributed by atoms with Crippen molar-refractivity contribution in [3.8, 4) is 0 Å². The highest BCUT2D eigenvalue weighted by atomic mass is 32.1. The molecular formula is C15H10N4S. The summed E-state index contributed by atoms with van der Waals surface area (Å²) in [5, 5.41) is 10.3. The SMILES string of the molecule is c1ccc2sc(N=Nc3c[nH]c4ccccc34)nc2c1. The first-order valence-electron chi connectivity index (χ1n) is 6.23. The molecule has 0 atom stereocenters. The predicted molar refractivity (Wildman–Crippen MR) is 82.1 cm³/mol. The number of rotatable bonds is 2. The van der Waals surface area contributed by atoms with Crippen LogP contribution in [0.15, 0.2) is 65.0 Å². The van der Waals surface area contributed by atoms with Crippen LogP contribution in [0.2, 0.25) is 0 Å². The van der Waals surface area contributed by atoms with Gasteiger partial charge in [-0.05, 0) is 18.2 Å². The first-order chi connectivity index (χ1) is 9.90. The number of nitrogens with zero attached hydrogens (tertiary/aromatic N) is 3. The molecule has 20 heavy (non-hydrogen) atoms. The summed E-state index contributed by atoms with van der Waals surface area (Å²) in [5.74, 6) is 0. The Balaban J connectivity index is 1.74. The van der Waals surface area contributed by atoms with Crippen molar-refractivity contribution in [2.24, 2.45) is 10.2 Å². The lowest BCUT2D eigenvalue weighted by atomic mass is 10.2. The molecule has 0 fully saturated rings. The summed E-state index contributed by atoms with van der Waals surface area (Å²) in [6.07, 6.45) is 1.86. The molecule has 4 rings (SSSR count). The van der Waals surface area contributed by atoms with Gasteiger partial charge in [-0.2, -0.15) is 0 Å². The van der Waals surface area contributed by atoms with Gasteiger partial charge in [-0.3, -0.25) is 0 Å². The molecule has 0 saturated carbocycles. The maximum Gasteiger partial charge on any atom is 0.231 e. The monoisotopic (exact) mass is 278 g/mol. The van der Waals surface area contributed by atoms with Crippen LogP contribution in [0.4, 0.5) is 10.8 Å². The van der Waals surface area contributed by atoms with Gasteiger partial charge < -0.3 is 4.98 Å². The van der Waals surface area contributed by atoms with Gasteiger partial charge in [0.05, 0.1) is 10.2 Å². The second-order valence-corrected chi connectivity index (χ2v) is 5.39. The third kappa shape index (κ3) is 1.88. The van der Waals surface area contributed by atoms with Crippen molar-refractivity contribution in [1.82, 2.24) is 9.97 Å². The second kappa shape index (κ2) is 4.54. The fourth-order valence-electron chi connectivity index (χ4n) is 2.14. The third-order valence-electron chi connectivity index (χ3n) is 3.09. The maximum absolute atomic E-state index is 4.44. The normalized spacial score (nSPS) is 11.8. The van der Waals surface area contributed by atoms with Crippen LogP contribution in [0.25, 0.3) is 21.1 Å². The number of thiazole rings is 1. The lowest BCUT2D eigenvalue weighted by Gasteiger charge is -1.88. The summed E-state index contributed by atoms with van der Waals surface area (Å²) in [6, 6.07) is 16.0. The predicted octanol–water partition coefficient (Wildman–Crippen LogP) is 5.19. The molecule has 0 unspecified atom stereocenters. The molecule has 0 aliphatic carbocycles. The molecule has 4 nitrogen and oxygen atoms in total. The molecule has 4 aromatic rings. The molecule has 0 aliphatic heterocycles. The van der Waals surface area contributed by atoms with Gasteiger partial charge in [0, 0.05) is 17.1 Å². The largest absolute Gasteiger partial charge is 0.359 e. The number of hydrogen-bond acceptors (Lipinski definition) is 4. The molecule has 1 N–H and O–H groups in total. The van der Waals surface area contributed by atoms with Crippen LogP contribution >= 0.6 is 11.3 Å². The number of para-hydroxylation sites is 2. The highest BCUT2D eigenvalue weighted by Gasteiger charge is 2.03. The fourth-order valence-corrected chi connectivity index (χ4v) is 2.93. The number of nitrogens with one attached hydrogen (secondary N) is 1. The Morgan fingerprint density at radius 1 is 0.950 bits per heavy atom. The van der Waals surface area contributed by atoms with Crippen molar-refractivity contribution in [2.75, 3.05) is 0 Å². The van der Waals surface area contributed by atoms with Crippen molar-refractivity contribution in [2.45, 2.75) is 0 Å². The molecule has 0 aliphatic rings. The van der Waals surface area contributed by atoms with E-state index in [2.05, 4.69) is 20.2 Å². The van der Waals surface area contributed by atoms with E-state index in [-0.39, 0.29) is 0 Å². The number of benzene rings is 2. The summed E-state index contributed by atoms with van der Waals surface area (Å²) >= 11 is 1.54. The smallest absolute Gasteiger partial charge is 0.231 e. The highest BCUT2D eigenvalue weighted by Crippen LogP contribution is 2.31. The van der Waals surface area contributed by atoms with Crippen LogP contribution in [0.5, 0.6) is 0 Å². The fraction of sp³-hybridized carbons (Fsp3) is 0. The number of azo groups is 1. The third-order valence-corrected chi connectivity index (χ3v) is 4.01. The van der Waals surface area contributed by atoms with Crippen LogP contribution in [0.3, 0.4) is 0 Å². The van der Waals surface area contributed by atoms with E-state index in [9.17, 15) is 0 Å². The number of aromatic nitrogens is 2. The van der Waals surface area contributed by atoms with Crippen molar-refractivity contribution < 1.29 is 0 Å². The summed E-state index contributed by atoms with van der Waals surface area (Å²) in [7, 11) is 0. The maximum atomic E-state index is 4.44. The van der Waals surface area contributed by atoms with Crippen LogP contribution < -0.4 is 0 Å². The molecular weight excluding hydrogens is 268 g/mol. The van der Waals surface area contributed by atoms with E-state index in [1.165, 1.54) is 0 Å². The van der Waals surface area contributed by atoms with E-state index in [1.807, 2.05) is 54.7 Å². The van der Waals surface area contributed by atoms with Gasteiger partial charge in [-0.25, -0.2) is 4.98 Å². The molecule has 0 radical (unpaired) electrons. The van der Waals surface area contributed by atoms with Crippen molar-refractivity contribution >= 4 is 43.3 Å². The van der Waals surface area contributed by atoms with Gasteiger partial charge in [0.2, 0.25) is 5.13 Å². The average molecular weight is 278 g/mol. The van der Waals surface area contributed by atoms with E-state index in [4.69, 9.17) is 0 Å². The van der Waals surface area contributed by atoms with Crippen LogP contribution in [-0.4, -0.2) is 9.97 Å². The van der Waals surface area contributed by atoms with Crippen molar-refractivity contribution in [1.29, 1.82) is 0 Å². The summed E-state index contributed by atoms with van der Waals surface area (Å²) in [6.45, 7) is 0. The first-order valence-corrected chi connectivity index (χ1v) is 7.05. The minimum Gasteiger partial charge on any atom is -0.359 e. The Morgan fingerprint density at radius 3 is 2.75 bits per heavy atom. The summed E-state index contributed by atoms with van der Waals surface area (Å²) < 4.78 is 1.13. The molecule has 2 aromatic carbocycles. The van der Waals surface area contributed by atoms with E-state index < -0.39 is 0 Å². The Bertz CT molecular complexity index is 887. The van der Waals surface area contributed by atoms with Crippen LogP contribution in [0, 0.1) is 0 Å². The van der Waals surface area contributed by atoms with Crippen LogP contribution in [0.1, 0.15) is 0 Å². The van der Waals surface area contributed by atoms with Gasteiger partial charge in [0.25, 0.3) is 0 Å². The van der Waals surface area contributed by atoms with Crippen molar-refractivity contribution in [3.05, 3.63) is 54.7 Å². The first kappa shape index (κ1) is 11.3. The Labute approximate surface area is 118 Å². The molecule has 2 aromatic heterocycles. The van der Waals surface area contributed by atoms with Crippen LogP contribution in [-0.2, 0) is 0 Å². The topological polar surface area (TPSA) is 53.4 Å². The zero-order valence-corrected chi connectivity index (χ0v) is 11.3. The van der Waals surface area contributed by atoms with E-state index >= 15 is 0 Å². The number of fused-ring (bicyclic) bond motifs is 2. The van der Waals surface area contributed by atoms with Gasteiger partial charge in [0.15, 0.2) is 0 Å². The highest BCUT2D eigenvalue weighted by molar-refractivity contribution is 7.21. The number of hydrogen-bond donors (Lipinski definition) is 1. The molecule has 5 heteroatoms. The summed E-state index contributed by atoms with van der Waals surface area (Å²) in [5.41, 5.74) is 2.86. The van der Waals surface area contributed by atoms with Gasteiger partial charge in [-0.1, -0.05) is 41.7 Å². The molecule has 0 spiro atoms. The zero-order valence-electron chi connectivity index (χ0n) is 10.4. The zero-order chi connectivity index (χ0) is 13.4. The van der Waals surface area contributed by atoms with E-state index in [1.54, 1.807) is 11.3 Å². The van der Waals surface area contributed by atoms with Gasteiger partial charge in [0.1, 0.15) is 5.69 Å². The Morgan fingerprint density at radius 2 is 1.80 bits per heavy atom. The minimum absolute atomic E-state index is 0.677. The lowest BCUT2D eigenvalue weighted by Crippen LogP contribution is -1.64. The van der Waals surface area contributed by atoms with Gasteiger partial charge in [-0.15, -0.1) is 10.2 Å². The number of aromatic amines is 1. The molecule has 2 heterocycles. The van der Waals surface area contributed by atoms with Gasteiger partial charge >= 0.3 is 0 Å². The second-order valence-electron chi connectivity index (χ2n) is 4.38. The molecule has 0 bridgehead atoms. The van der Waals surface area contributed by atoms with E-state index in [0.29, 0.717) is 5.13 Å². The minimum atomic E-state index is 0.677.